The lowest BCUT2D eigenvalue weighted by molar-refractivity contribution is 0.116. The van der Waals surface area contributed by atoms with Crippen LogP contribution in [0.2, 0.25) is 0 Å². The van der Waals surface area contributed by atoms with E-state index in [1.165, 1.54) is 25.1 Å². The third kappa shape index (κ3) is 3.94. The zero-order valence-corrected chi connectivity index (χ0v) is 12.3. The first-order valence-electron chi connectivity index (χ1n) is 6.53. The van der Waals surface area contributed by atoms with Crippen molar-refractivity contribution in [2.24, 2.45) is 5.92 Å². The van der Waals surface area contributed by atoms with Gasteiger partial charge in [0.05, 0.1) is 0 Å². The Balaban J connectivity index is 2.45. The minimum atomic E-state index is 0.693. The molecule has 1 aliphatic heterocycles. The summed E-state index contributed by atoms with van der Waals surface area (Å²) >= 11 is 1.95. The lowest BCUT2D eigenvalue weighted by Gasteiger charge is -2.41. The molecule has 0 amide bonds. The summed E-state index contributed by atoms with van der Waals surface area (Å²) in [7, 11) is 2.25. The predicted molar refractivity (Wildman–Crippen MR) is 75.3 cm³/mol. The molecule has 0 aliphatic carbocycles. The van der Waals surface area contributed by atoms with Crippen LogP contribution in [0.3, 0.4) is 0 Å². The van der Waals surface area contributed by atoms with Crippen LogP contribution in [-0.4, -0.2) is 48.6 Å². The number of likely N-dealkylation sites (tertiary alicyclic amines) is 1. The lowest BCUT2D eigenvalue weighted by Crippen LogP contribution is -2.53. The van der Waals surface area contributed by atoms with Gasteiger partial charge in [0.2, 0.25) is 0 Å². The number of hydrogen-bond acceptors (Lipinski definition) is 3. The fourth-order valence-electron chi connectivity index (χ4n) is 2.56. The highest BCUT2D eigenvalue weighted by Crippen LogP contribution is 2.21. The molecule has 1 N–H and O–H groups in total. The second-order valence-corrected chi connectivity index (χ2v) is 6.25. The third-order valence-electron chi connectivity index (χ3n) is 3.92. The van der Waals surface area contributed by atoms with Crippen molar-refractivity contribution in [2.75, 3.05) is 25.6 Å². The number of nitrogens with one attached hydrogen (secondary N) is 1. The molecule has 96 valence electrons. The highest BCUT2D eigenvalue weighted by Gasteiger charge is 2.29. The Kier molecular flexibility index (Phi) is 6.16. The van der Waals surface area contributed by atoms with Crippen molar-refractivity contribution in [1.29, 1.82) is 0 Å². The molecule has 0 radical (unpaired) electrons. The molecule has 1 aliphatic rings. The molecule has 0 aromatic rings. The maximum Gasteiger partial charge on any atom is 0.0158 e. The molecule has 3 heteroatoms. The maximum atomic E-state index is 3.86. The van der Waals surface area contributed by atoms with Crippen molar-refractivity contribution < 1.29 is 0 Å². The van der Waals surface area contributed by atoms with Crippen LogP contribution >= 0.6 is 11.8 Å². The second kappa shape index (κ2) is 6.87. The molecule has 1 rings (SSSR count). The van der Waals surface area contributed by atoms with Gasteiger partial charge in [0.15, 0.2) is 0 Å². The van der Waals surface area contributed by atoms with E-state index in [9.17, 15) is 0 Å². The molecule has 16 heavy (non-hydrogen) atoms. The standard InChI is InChI=1S/C13H28N2S/c1-6-12(9-16-5)14-13-7-11(3)15(4)8-10(13)2/h10-14H,6-9H2,1-5H3. The number of hydrogen-bond donors (Lipinski definition) is 1. The van der Waals surface area contributed by atoms with Crippen molar-refractivity contribution >= 4 is 11.8 Å². The SMILES string of the molecule is CCC(CSC)NC1CC(C)N(C)CC1C. The Labute approximate surface area is 106 Å². The van der Waals surface area contributed by atoms with E-state index in [0.29, 0.717) is 12.1 Å². The summed E-state index contributed by atoms with van der Waals surface area (Å²) in [5.74, 6) is 2.02. The van der Waals surface area contributed by atoms with Crippen molar-refractivity contribution in [3.05, 3.63) is 0 Å². The van der Waals surface area contributed by atoms with Crippen LogP contribution in [0.1, 0.15) is 33.6 Å². The number of rotatable bonds is 5. The van der Waals surface area contributed by atoms with E-state index in [4.69, 9.17) is 0 Å². The molecule has 1 fully saturated rings. The first-order chi connectivity index (χ1) is 7.58. The smallest absolute Gasteiger partial charge is 0.0158 e. The van der Waals surface area contributed by atoms with Gasteiger partial charge < -0.3 is 10.2 Å². The molecule has 2 nitrogen and oxygen atoms in total. The van der Waals surface area contributed by atoms with E-state index in [-0.39, 0.29) is 0 Å². The fraction of sp³-hybridized carbons (Fsp3) is 1.00. The number of nitrogens with zero attached hydrogens (tertiary/aromatic N) is 1. The van der Waals surface area contributed by atoms with E-state index in [2.05, 4.69) is 44.3 Å². The van der Waals surface area contributed by atoms with E-state index < -0.39 is 0 Å². The highest BCUT2D eigenvalue weighted by atomic mass is 32.2. The molecular weight excluding hydrogens is 216 g/mol. The van der Waals surface area contributed by atoms with E-state index in [0.717, 1.165) is 12.0 Å². The van der Waals surface area contributed by atoms with Gasteiger partial charge in [0.1, 0.15) is 0 Å². The van der Waals surface area contributed by atoms with Crippen molar-refractivity contribution in [3.63, 3.8) is 0 Å². The molecule has 0 aromatic carbocycles. The fourth-order valence-corrected chi connectivity index (χ4v) is 3.30. The predicted octanol–water partition coefficient (Wildman–Crippen LogP) is 2.45. The molecule has 4 atom stereocenters. The monoisotopic (exact) mass is 244 g/mol. The topological polar surface area (TPSA) is 15.3 Å². The first kappa shape index (κ1) is 14.3. The van der Waals surface area contributed by atoms with Gasteiger partial charge in [-0.25, -0.2) is 0 Å². The molecule has 0 spiro atoms. The maximum absolute atomic E-state index is 3.86. The van der Waals surface area contributed by atoms with Gasteiger partial charge in [-0.3, -0.25) is 0 Å². The van der Waals surface area contributed by atoms with Gasteiger partial charge in [0.25, 0.3) is 0 Å². The summed E-state index contributed by atoms with van der Waals surface area (Å²) < 4.78 is 0. The van der Waals surface area contributed by atoms with Gasteiger partial charge >= 0.3 is 0 Å². The zero-order valence-electron chi connectivity index (χ0n) is 11.5. The molecule has 0 saturated carbocycles. The molecule has 1 heterocycles. The van der Waals surface area contributed by atoms with Gasteiger partial charge in [-0.1, -0.05) is 13.8 Å². The summed E-state index contributed by atoms with van der Waals surface area (Å²) in [6.45, 7) is 8.24. The summed E-state index contributed by atoms with van der Waals surface area (Å²) in [4.78, 5) is 2.48. The molecule has 1 saturated heterocycles. The van der Waals surface area contributed by atoms with E-state index >= 15 is 0 Å². The quantitative estimate of drug-likeness (QED) is 0.800. The Morgan fingerprint density at radius 3 is 2.69 bits per heavy atom. The van der Waals surface area contributed by atoms with E-state index in [1.807, 2.05) is 11.8 Å². The molecular formula is C13H28N2S. The normalized spacial score (nSPS) is 33.9. The minimum absolute atomic E-state index is 0.693. The molecule has 0 bridgehead atoms. The molecule has 0 aromatic heterocycles. The van der Waals surface area contributed by atoms with E-state index in [1.54, 1.807) is 0 Å². The lowest BCUT2D eigenvalue weighted by atomic mass is 9.89. The Morgan fingerprint density at radius 1 is 1.44 bits per heavy atom. The van der Waals surface area contributed by atoms with Crippen LogP contribution in [0.25, 0.3) is 0 Å². The summed E-state index contributed by atoms with van der Waals surface area (Å²) in [6, 6.07) is 2.13. The van der Waals surface area contributed by atoms with Crippen LogP contribution in [0.5, 0.6) is 0 Å². The first-order valence-corrected chi connectivity index (χ1v) is 7.93. The molecule has 4 unspecified atom stereocenters. The van der Waals surface area contributed by atoms with Gasteiger partial charge in [-0.15, -0.1) is 0 Å². The largest absolute Gasteiger partial charge is 0.310 e. The Morgan fingerprint density at radius 2 is 2.12 bits per heavy atom. The van der Waals surface area contributed by atoms with Gasteiger partial charge in [-0.05, 0) is 39.0 Å². The zero-order chi connectivity index (χ0) is 12.1. The van der Waals surface area contributed by atoms with Crippen molar-refractivity contribution in [1.82, 2.24) is 10.2 Å². The van der Waals surface area contributed by atoms with Crippen LogP contribution in [0.4, 0.5) is 0 Å². The minimum Gasteiger partial charge on any atom is -0.310 e. The summed E-state index contributed by atoms with van der Waals surface area (Å²) in [5.41, 5.74) is 0. The average Bonchev–Trinajstić information content (AvgIpc) is 2.25. The van der Waals surface area contributed by atoms with Crippen molar-refractivity contribution in [2.45, 2.75) is 51.7 Å². The summed E-state index contributed by atoms with van der Waals surface area (Å²) in [6.07, 6.45) is 4.74. The number of thioether (sulfide) groups is 1. The van der Waals surface area contributed by atoms with Crippen LogP contribution in [-0.2, 0) is 0 Å². The van der Waals surface area contributed by atoms with Crippen LogP contribution in [0, 0.1) is 5.92 Å². The third-order valence-corrected chi connectivity index (χ3v) is 4.66. The second-order valence-electron chi connectivity index (χ2n) is 5.34. The van der Waals surface area contributed by atoms with Crippen LogP contribution < -0.4 is 5.32 Å². The highest BCUT2D eigenvalue weighted by molar-refractivity contribution is 7.98. The van der Waals surface area contributed by atoms with Crippen LogP contribution in [0.15, 0.2) is 0 Å². The van der Waals surface area contributed by atoms with Crippen molar-refractivity contribution in [3.8, 4) is 0 Å². The Bertz CT molecular complexity index is 198. The van der Waals surface area contributed by atoms with Gasteiger partial charge in [-0.2, -0.15) is 11.8 Å². The van der Waals surface area contributed by atoms with Gasteiger partial charge in [0, 0.05) is 30.4 Å². The Hall–Kier alpha value is 0.270. The average molecular weight is 244 g/mol. The summed E-state index contributed by atoms with van der Waals surface area (Å²) in [5, 5.41) is 3.86. The number of piperidine rings is 1.